The van der Waals surface area contributed by atoms with E-state index < -0.39 is 0 Å². The van der Waals surface area contributed by atoms with Crippen molar-refractivity contribution in [1.29, 1.82) is 0 Å². The van der Waals surface area contributed by atoms with Crippen LogP contribution in [0.4, 0.5) is 0 Å². The number of rotatable bonds is 1. The molecule has 0 bridgehead atoms. The average Bonchev–Trinajstić information content (AvgIpc) is 3.07. The van der Waals surface area contributed by atoms with E-state index >= 15 is 0 Å². The maximum absolute atomic E-state index is 12.6. The Morgan fingerprint density at radius 2 is 1.74 bits per heavy atom. The summed E-state index contributed by atoms with van der Waals surface area (Å²) in [6.07, 6.45) is 0. The summed E-state index contributed by atoms with van der Waals surface area (Å²) in [5, 5.41) is 1.39. The van der Waals surface area contributed by atoms with Gasteiger partial charge in [0.2, 0.25) is 0 Å². The standard InChI is InChI=1S/C17H11ClN2OS2/c1-20-11-7-3-5-9-13(11)23-17(20)19-16(21)15-14(18)10-6-2-4-8-12(10)22-15/h2-9H,1H3. The van der Waals surface area contributed by atoms with Gasteiger partial charge in [0.1, 0.15) is 4.88 Å². The molecule has 1 amide bonds. The molecule has 114 valence electrons. The summed E-state index contributed by atoms with van der Waals surface area (Å²) < 4.78 is 4.03. The quantitative estimate of drug-likeness (QED) is 0.479. The molecule has 2 aromatic heterocycles. The summed E-state index contributed by atoms with van der Waals surface area (Å²) in [6, 6.07) is 15.7. The molecule has 0 aliphatic carbocycles. The largest absolute Gasteiger partial charge is 0.319 e. The van der Waals surface area contributed by atoms with E-state index in [2.05, 4.69) is 4.99 Å². The molecule has 0 radical (unpaired) electrons. The fourth-order valence-corrected chi connectivity index (χ4v) is 4.89. The van der Waals surface area contributed by atoms with Crippen LogP contribution in [0.15, 0.2) is 53.5 Å². The number of carbonyl (C=O) groups is 1. The van der Waals surface area contributed by atoms with Crippen LogP contribution in [-0.4, -0.2) is 10.5 Å². The van der Waals surface area contributed by atoms with Gasteiger partial charge in [0.05, 0.1) is 15.2 Å². The molecule has 23 heavy (non-hydrogen) atoms. The number of thiophene rings is 1. The molecule has 0 N–H and O–H groups in total. The van der Waals surface area contributed by atoms with Crippen molar-refractivity contribution in [3.05, 3.63) is 63.2 Å². The van der Waals surface area contributed by atoms with Crippen molar-refractivity contribution < 1.29 is 4.79 Å². The van der Waals surface area contributed by atoms with Crippen molar-refractivity contribution >= 4 is 60.5 Å². The average molecular weight is 359 g/mol. The first-order valence-corrected chi connectivity index (χ1v) is 8.97. The summed E-state index contributed by atoms with van der Waals surface area (Å²) in [4.78, 5) is 18.0. The van der Waals surface area contributed by atoms with Gasteiger partial charge in [0.25, 0.3) is 5.91 Å². The van der Waals surface area contributed by atoms with Gasteiger partial charge in [-0.05, 0) is 18.2 Å². The highest BCUT2D eigenvalue weighted by molar-refractivity contribution is 7.21. The van der Waals surface area contributed by atoms with Crippen LogP contribution in [0, 0.1) is 0 Å². The molecule has 0 saturated carbocycles. The van der Waals surface area contributed by atoms with E-state index in [4.69, 9.17) is 11.6 Å². The van der Waals surface area contributed by atoms with Crippen LogP contribution >= 0.6 is 34.3 Å². The van der Waals surface area contributed by atoms with Crippen molar-refractivity contribution in [2.45, 2.75) is 0 Å². The molecule has 3 nitrogen and oxygen atoms in total. The summed E-state index contributed by atoms with van der Waals surface area (Å²) in [5.41, 5.74) is 1.06. The summed E-state index contributed by atoms with van der Waals surface area (Å²) in [6.45, 7) is 0. The summed E-state index contributed by atoms with van der Waals surface area (Å²) >= 11 is 9.24. The van der Waals surface area contributed by atoms with E-state index in [1.54, 1.807) is 0 Å². The molecular formula is C17H11ClN2OS2. The molecule has 2 heterocycles. The van der Waals surface area contributed by atoms with Gasteiger partial charge >= 0.3 is 0 Å². The minimum atomic E-state index is -0.293. The molecule has 0 atom stereocenters. The highest BCUT2D eigenvalue weighted by Gasteiger charge is 2.16. The van der Waals surface area contributed by atoms with Gasteiger partial charge in [0, 0.05) is 17.1 Å². The number of halogens is 1. The van der Waals surface area contributed by atoms with E-state index in [1.165, 1.54) is 22.7 Å². The lowest BCUT2D eigenvalue weighted by atomic mass is 10.2. The number of fused-ring (bicyclic) bond motifs is 2. The Bertz CT molecular complexity index is 1120. The van der Waals surface area contributed by atoms with E-state index in [0.29, 0.717) is 14.7 Å². The minimum Gasteiger partial charge on any atom is -0.319 e. The first-order valence-electron chi connectivity index (χ1n) is 6.96. The van der Waals surface area contributed by atoms with Crippen LogP contribution < -0.4 is 4.80 Å². The maximum Gasteiger partial charge on any atom is 0.291 e. The van der Waals surface area contributed by atoms with Crippen molar-refractivity contribution in [2.75, 3.05) is 0 Å². The normalized spacial score (nSPS) is 12.3. The van der Waals surface area contributed by atoms with Gasteiger partial charge in [-0.15, -0.1) is 11.3 Å². The Balaban J connectivity index is 1.87. The highest BCUT2D eigenvalue weighted by atomic mass is 35.5. The molecule has 4 aromatic rings. The SMILES string of the molecule is Cn1c(=NC(=O)c2sc3ccccc3c2Cl)sc2ccccc21. The first-order chi connectivity index (χ1) is 11.1. The summed E-state index contributed by atoms with van der Waals surface area (Å²) in [5.74, 6) is -0.293. The van der Waals surface area contributed by atoms with Gasteiger partial charge in [-0.3, -0.25) is 4.79 Å². The molecule has 6 heteroatoms. The fraction of sp³-hybridized carbons (Fsp3) is 0.0588. The van der Waals surface area contributed by atoms with E-state index in [0.717, 1.165) is 20.3 Å². The summed E-state index contributed by atoms with van der Waals surface area (Å²) in [7, 11) is 1.91. The molecular weight excluding hydrogens is 348 g/mol. The molecule has 0 aliphatic heterocycles. The second-order valence-electron chi connectivity index (χ2n) is 5.07. The van der Waals surface area contributed by atoms with Gasteiger partial charge < -0.3 is 4.57 Å². The number of amides is 1. The number of benzene rings is 2. The third-order valence-electron chi connectivity index (χ3n) is 3.64. The second kappa shape index (κ2) is 5.60. The molecule has 0 fully saturated rings. The van der Waals surface area contributed by atoms with Crippen molar-refractivity contribution in [3.63, 3.8) is 0 Å². The Hall–Kier alpha value is -1.95. The van der Waals surface area contributed by atoms with Crippen molar-refractivity contribution in [1.82, 2.24) is 4.57 Å². The third kappa shape index (κ3) is 2.41. The minimum absolute atomic E-state index is 0.293. The lowest BCUT2D eigenvalue weighted by Crippen LogP contribution is -2.12. The number of aryl methyl sites for hydroxylation is 1. The van der Waals surface area contributed by atoms with Crippen LogP contribution in [0.2, 0.25) is 5.02 Å². The lowest BCUT2D eigenvalue weighted by Gasteiger charge is -1.94. The molecule has 0 unspecified atom stereocenters. The Labute approximate surface area is 145 Å². The number of carbonyl (C=O) groups excluding carboxylic acids is 1. The Morgan fingerprint density at radius 3 is 2.48 bits per heavy atom. The molecule has 4 rings (SSSR count). The predicted molar refractivity (Wildman–Crippen MR) is 97.5 cm³/mol. The van der Waals surface area contributed by atoms with Crippen LogP contribution in [0.1, 0.15) is 9.67 Å². The number of para-hydroxylation sites is 1. The lowest BCUT2D eigenvalue weighted by molar-refractivity contribution is 0.100. The number of hydrogen-bond donors (Lipinski definition) is 0. The molecule has 0 saturated heterocycles. The monoisotopic (exact) mass is 358 g/mol. The second-order valence-corrected chi connectivity index (χ2v) is 7.51. The molecule has 0 spiro atoms. The van der Waals surface area contributed by atoms with Gasteiger partial charge in [0.15, 0.2) is 4.80 Å². The number of thiazole rings is 1. The third-order valence-corrected chi connectivity index (χ3v) is 6.42. The molecule has 0 aliphatic rings. The maximum atomic E-state index is 12.6. The van der Waals surface area contributed by atoms with E-state index in [9.17, 15) is 4.79 Å². The van der Waals surface area contributed by atoms with Crippen molar-refractivity contribution in [3.8, 4) is 0 Å². The number of aromatic nitrogens is 1. The van der Waals surface area contributed by atoms with Crippen molar-refractivity contribution in [2.24, 2.45) is 12.0 Å². The van der Waals surface area contributed by atoms with Crippen LogP contribution in [0.3, 0.4) is 0 Å². The van der Waals surface area contributed by atoms with Crippen LogP contribution in [0.5, 0.6) is 0 Å². The van der Waals surface area contributed by atoms with Gasteiger partial charge in [-0.1, -0.05) is 53.3 Å². The molecule has 2 aromatic carbocycles. The number of nitrogens with zero attached hydrogens (tertiary/aromatic N) is 2. The zero-order valence-electron chi connectivity index (χ0n) is 12.1. The zero-order chi connectivity index (χ0) is 16.0. The Morgan fingerprint density at radius 1 is 1.04 bits per heavy atom. The number of hydrogen-bond acceptors (Lipinski definition) is 3. The van der Waals surface area contributed by atoms with Crippen LogP contribution in [-0.2, 0) is 7.05 Å². The Kier molecular flexibility index (Phi) is 3.56. The van der Waals surface area contributed by atoms with E-state index in [-0.39, 0.29) is 5.91 Å². The first kappa shape index (κ1) is 14.6. The smallest absolute Gasteiger partial charge is 0.291 e. The zero-order valence-corrected chi connectivity index (χ0v) is 14.5. The van der Waals surface area contributed by atoms with Crippen LogP contribution in [0.25, 0.3) is 20.3 Å². The van der Waals surface area contributed by atoms with Gasteiger partial charge in [-0.2, -0.15) is 4.99 Å². The topological polar surface area (TPSA) is 34.4 Å². The fourth-order valence-electron chi connectivity index (χ4n) is 2.48. The van der Waals surface area contributed by atoms with E-state index in [1.807, 2.05) is 60.1 Å². The highest BCUT2D eigenvalue weighted by Crippen LogP contribution is 2.35. The van der Waals surface area contributed by atoms with Gasteiger partial charge in [-0.25, -0.2) is 0 Å². The predicted octanol–water partition coefficient (Wildman–Crippen LogP) is 4.85.